The van der Waals surface area contributed by atoms with Gasteiger partial charge in [-0.2, -0.15) is 0 Å². The minimum absolute atomic E-state index is 0.808. The van der Waals surface area contributed by atoms with Gasteiger partial charge in [-0.15, -0.1) is 0 Å². The van der Waals surface area contributed by atoms with Crippen LogP contribution in [0.5, 0.6) is 0 Å². The van der Waals surface area contributed by atoms with E-state index in [-0.39, 0.29) is 0 Å². The van der Waals surface area contributed by atoms with Crippen LogP contribution in [-0.2, 0) is 0 Å². The summed E-state index contributed by atoms with van der Waals surface area (Å²) in [6, 6.07) is 66.6. The molecule has 0 N–H and O–H groups in total. The molecule has 0 atom stereocenters. The molecule has 0 aromatic heterocycles. The van der Waals surface area contributed by atoms with Crippen molar-refractivity contribution in [1.82, 2.24) is 0 Å². The molecule has 6 aromatic rings. The Labute approximate surface area is 251 Å². The molecule has 42 heavy (non-hydrogen) atoms. The van der Waals surface area contributed by atoms with E-state index in [1.165, 1.54) is 54.1 Å². The highest BCUT2D eigenvalue weighted by atomic mass is 31.1. The molecular formula is C40H30P2. The third-order valence-electron chi connectivity index (χ3n) is 7.58. The van der Waals surface area contributed by atoms with E-state index in [0.717, 1.165) is 0 Å². The van der Waals surface area contributed by atoms with Crippen molar-refractivity contribution < 1.29 is 0 Å². The van der Waals surface area contributed by atoms with Gasteiger partial charge < -0.3 is 0 Å². The van der Waals surface area contributed by atoms with E-state index in [4.69, 9.17) is 0 Å². The Kier molecular flexibility index (Phi) is 7.75. The molecule has 2 heteroatoms. The van der Waals surface area contributed by atoms with Gasteiger partial charge in [0.2, 0.25) is 0 Å². The minimum atomic E-state index is -0.808. The SMILES string of the molecule is c1ccc(C2=C(P(c3ccccc3)c3ccccc3)C(c3ccccc3)=C2P(c2ccccc2)c2ccccc2)cc1. The fourth-order valence-corrected chi connectivity index (χ4v) is 11.3. The van der Waals surface area contributed by atoms with E-state index in [1.807, 2.05) is 0 Å². The molecule has 7 rings (SSSR count). The second-order valence-electron chi connectivity index (χ2n) is 10.2. The van der Waals surface area contributed by atoms with Crippen LogP contribution in [0.2, 0.25) is 0 Å². The van der Waals surface area contributed by atoms with Gasteiger partial charge in [0.15, 0.2) is 0 Å². The molecule has 6 aromatic carbocycles. The van der Waals surface area contributed by atoms with Gasteiger partial charge in [-0.05, 0) is 59.3 Å². The molecule has 0 saturated heterocycles. The van der Waals surface area contributed by atoms with E-state index >= 15 is 0 Å². The van der Waals surface area contributed by atoms with Crippen molar-refractivity contribution in [2.24, 2.45) is 0 Å². The molecule has 1 aliphatic rings. The number of hydrogen-bond acceptors (Lipinski definition) is 0. The van der Waals surface area contributed by atoms with Crippen LogP contribution in [0.15, 0.2) is 193 Å². The van der Waals surface area contributed by atoms with Crippen molar-refractivity contribution >= 4 is 48.2 Å². The average molecular weight is 573 g/mol. The predicted octanol–water partition coefficient (Wildman–Crippen LogP) is 9.09. The molecular weight excluding hydrogens is 542 g/mol. The minimum Gasteiger partial charge on any atom is -0.0622 e. The van der Waals surface area contributed by atoms with Crippen molar-refractivity contribution in [3.63, 3.8) is 0 Å². The third-order valence-corrected chi connectivity index (χ3v) is 12.6. The van der Waals surface area contributed by atoms with Crippen LogP contribution in [0, 0.1) is 0 Å². The fraction of sp³-hybridized carbons (Fsp3) is 0. The molecule has 0 bridgehead atoms. The first-order valence-electron chi connectivity index (χ1n) is 14.3. The summed E-state index contributed by atoms with van der Waals surface area (Å²) in [7, 11) is -1.62. The predicted molar refractivity (Wildman–Crippen MR) is 185 cm³/mol. The summed E-state index contributed by atoms with van der Waals surface area (Å²) in [5.41, 5.74) is 5.40. The van der Waals surface area contributed by atoms with Crippen molar-refractivity contribution in [1.29, 1.82) is 0 Å². The molecule has 1 aliphatic carbocycles. The molecule has 0 amide bonds. The molecule has 0 spiro atoms. The van der Waals surface area contributed by atoms with Gasteiger partial charge in [0, 0.05) is 10.6 Å². The monoisotopic (exact) mass is 572 g/mol. The number of benzene rings is 6. The van der Waals surface area contributed by atoms with Gasteiger partial charge in [0.05, 0.1) is 0 Å². The van der Waals surface area contributed by atoms with Crippen molar-refractivity contribution in [2.45, 2.75) is 0 Å². The lowest BCUT2D eigenvalue weighted by Gasteiger charge is -2.41. The zero-order chi connectivity index (χ0) is 28.1. The Bertz CT molecular complexity index is 1600. The van der Waals surface area contributed by atoms with Gasteiger partial charge in [0.25, 0.3) is 0 Å². The van der Waals surface area contributed by atoms with Crippen molar-refractivity contribution in [2.75, 3.05) is 0 Å². The Morgan fingerprint density at radius 2 is 0.452 bits per heavy atom. The van der Waals surface area contributed by atoms with E-state index < -0.39 is 15.8 Å². The van der Waals surface area contributed by atoms with Crippen molar-refractivity contribution in [3.8, 4) is 0 Å². The van der Waals surface area contributed by atoms with Crippen molar-refractivity contribution in [3.05, 3.63) is 204 Å². The average Bonchev–Trinajstić information content (AvgIpc) is 3.07. The standard InChI is InChI=1S/C40H30P2/c1-7-19-31(20-8-1)37-39(41(33-23-11-3-12-24-33)34-25-13-4-14-26-34)38(32-21-9-2-10-22-32)40(37)42(35-27-15-5-16-28-35)36-29-17-6-18-30-36/h1-30H. The summed E-state index contributed by atoms with van der Waals surface area (Å²) < 4.78 is 0. The van der Waals surface area contributed by atoms with Crippen LogP contribution in [0.4, 0.5) is 0 Å². The van der Waals surface area contributed by atoms with E-state index in [1.54, 1.807) is 0 Å². The van der Waals surface area contributed by atoms with Gasteiger partial charge in [0.1, 0.15) is 0 Å². The maximum absolute atomic E-state index is 2.31. The van der Waals surface area contributed by atoms with Gasteiger partial charge >= 0.3 is 0 Å². The molecule has 0 heterocycles. The lowest BCUT2D eigenvalue weighted by Crippen LogP contribution is -2.23. The first kappa shape index (κ1) is 26.6. The fourth-order valence-electron chi connectivity index (χ4n) is 5.74. The van der Waals surface area contributed by atoms with Gasteiger partial charge in [-0.3, -0.25) is 0 Å². The highest BCUT2D eigenvalue weighted by molar-refractivity contribution is 7.80. The Morgan fingerprint density at radius 3 is 0.690 bits per heavy atom. The summed E-state index contributed by atoms with van der Waals surface area (Å²) in [4.78, 5) is 0. The summed E-state index contributed by atoms with van der Waals surface area (Å²) >= 11 is 0. The molecule has 0 saturated carbocycles. The second kappa shape index (κ2) is 12.3. The summed E-state index contributed by atoms with van der Waals surface area (Å²) in [5.74, 6) is 0. The molecule has 0 fully saturated rings. The first-order valence-corrected chi connectivity index (χ1v) is 17.0. The number of allylic oxidation sites excluding steroid dienone is 4. The first-order chi connectivity index (χ1) is 20.9. The number of hydrogen-bond donors (Lipinski definition) is 0. The highest BCUT2D eigenvalue weighted by Gasteiger charge is 2.41. The summed E-state index contributed by atoms with van der Waals surface area (Å²) in [6.45, 7) is 0. The Morgan fingerprint density at radius 1 is 0.238 bits per heavy atom. The van der Waals surface area contributed by atoms with Crippen LogP contribution < -0.4 is 21.2 Å². The van der Waals surface area contributed by atoms with Crippen LogP contribution in [0.1, 0.15) is 11.1 Å². The normalized spacial score (nSPS) is 13.0. The highest BCUT2D eigenvalue weighted by Crippen LogP contribution is 2.68. The van der Waals surface area contributed by atoms with E-state index in [9.17, 15) is 0 Å². The quantitative estimate of drug-likeness (QED) is 0.160. The lowest BCUT2D eigenvalue weighted by atomic mass is 9.88. The Hall–Kier alpha value is -4.34. The number of rotatable bonds is 8. The topological polar surface area (TPSA) is 0 Å². The molecule has 200 valence electrons. The van der Waals surface area contributed by atoms with Crippen LogP contribution >= 0.6 is 15.8 Å². The molecule has 0 nitrogen and oxygen atoms in total. The molecule has 0 radical (unpaired) electrons. The van der Waals surface area contributed by atoms with Crippen LogP contribution in [-0.4, -0.2) is 0 Å². The zero-order valence-electron chi connectivity index (χ0n) is 23.2. The van der Waals surface area contributed by atoms with Crippen LogP contribution in [0.25, 0.3) is 11.1 Å². The zero-order valence-corrected chi connectivity index (χ0v) is 25.0. The second-order valence-corrected chi connectivity index (χ2v) is 14.5. The van der Waals surface area contributed by atoms with Crippen LogP contribution in [0.3, 0.4) is 0 Å². The molecule has 0 unspecified atom stereocenters. The lowest BCUT2D eigenvalue weighted by molar-refractivity contribution is 1.52. The maximum atomic E-state index is 2.31. The third kappa shape index (κ3) is 5.10. The van der Waals surface area contributed by atoms with E-state index in [0.29, 0.717) is 0 Å². The Balaban J connectivity index is 1.57. The van der Waals surface area contributed by atoms with E-state index in [2.05, 4.69) is 182 Å². The smallest absolute Gasteiger partial charge is 0.00197 e. The summed E-state index contributed by atoms with van der Waals surface area (Å²) in [5, 5.41) is 8.43. The van der Waals surface area contributed by atoms with Gasteiger partial charge in [-0.25, -0.2) is 0 Å². The largest absolute Gasteiger partial charge is 0.0622 e. The van der Waals surface area contributed by atoms with Gasteiger partial charge in [-0.1, -0.05) is 182 Å². The maximum Gasteiger partial charge on any atom is 0.00197 e. The summed E-state index contributed by atoms with van der Waals surface area (Å²) in [6.07, 6.45) is 0. The molecule has 0 aliphatic heterocycles.